The Balaban J connectivity index is 1.68. The van der Waals surface area contributed by atoms with Gasteiger partial charge in [-0.25, -0.2) is 22.9 Å². The quantitative estimate of drug-likeness (QED) is 0.195. The maximum atomic E-state index is 15.6. The zero-order valence-electron chi connectivity index (χ0n) is 25.5. The van der Waals surface area contributed by atoms with Gasteiger partial charge in [-0.2, -0.15) is 0 Å². The van der Waals surface area contributed by atoms with Gasteiger partial charge in [-0.3, -0.25) is 14.6 Å². The zero-order chi connectivity index (χ0) is 32.0. The first-order chi connectivity index (χ1) is 21.0. The van der Waals surface area contributed by atoms with Crippen molar-refractivity contribution in [3.8, 4) is 11.1 Å². The third kappa shape index (κ3) is 7.28. The number of aromatic nitrogens is 3. The molecule has 4 aromatic rings. The summed E-state index contributed by atoms with van der Waals surface area (Å²) in [4.78, 5) is 37.3. The number of primary sulfonamides is 1. The van der Waals surface area contributed by atoms with Gasteiger partial charge in [0.25, 0.3) is 0 Å². The number of benzene rings is 2. The van der Waals surface area contributed by atoms with Gasteiger partial charge < -0.3 is 9.47 Å². The molecule has 44 heavy (non-hydrogen) atoms. The molecule has 0 spiro atoms. The molecule has 0 radical (unpaired) electrons. The maximum Gasteiger partial charge on any atom is 0.238 e. The molecule has 0 fully saturated rings. The van der Waals surface area contributed by atoms with Crippen LogP contribution in [0, 0.1) is 11.7 Å². The number of halogens is 1. The predicted molar refractivity (Wildman–Crippen MR) is 168 cm³/mol. The van der Waals surface area contributed by atoms with E-state index >= 15 is 4.39 Å². The summed E-state index contributed by atoms with van der Waals surface area (Å²) >= 11 is 0. The molecule has 0 atom stereocenters. The van der Waals surface area contributed by atoms with Crippen molar-refractivity contribution in [2.24, 2.45) is 11.1 Å². The number of pyridine rings is 1. The molecule has 2 aromatic heterocycles. The maximum absolute atomic E-state index is 15.6. The van der Waals surface area contributed by atoms with Gasteiger partial charge in [0.2, 0.25) is 15.9 Å². The van der Waals surface area contributed by atoms with Gasteiger partial charge >= 0.3 is 0 Å². The van der Waals surface area contributed by atoms with Gasteiger partial charge in [0, 0.05) is 42.6 Å². The summed E-state index contributed by atoms with van der Waals surface area (Å²) in [5.74, 6) is -0.460. The monoisotopic (exact) mass is 619 g/mol. The molecule has 0 bridgehead atoms. The Labute approximate surface area is 258 Å². The van der Waals surface area contributed by atoms with Gasteiger partial charge in [-0.05, 0) is 42.7 Å². The van der Waals surface area contributed by atoms with Gasteiger partial charge in [-0.15, -0.1) is 0 Å². The van der Waals surface area contributed by atoms with Crippen LogP contribution in [0.3, 0.4) is 0 Å². The van der Waals surface area contributed by atoms with E-state index in [0.717, 1.165) is 6.42 Å². The SMILES string of the molecule is CCCc1nc(CC)c(C(=O)CCN(C(=O)C(C)C)c2cccnc2)n1Cc1ccc(-c2ccccc2S(N)(=O)=O)cc1F. The van der Waals surface area contributed by atoms with Crippen molar-refractivity contribution in [3.05, 3.63) is 95.6 Å². The Hall–Kier alpha value is -4.22. The van der Waals surface area contributed by atoms with E-state index in [4.69, 9.17) is 10.1 Å². The lowest BCUT2D eigenvalue weighted by Crippen LogP contribution is -2.36. The van der Waals surface area contributed by atoms with Crippen LogP contribution in [0.25, 0.3) is 11.1 Å². The Morgan fingerprint density at radius 2 is 1.82 bits per heavy atom. The van der Waals surface area contributed by atoms with Crippen LogP contribution in [-0.4, -0.2) is 41.2 Å². The van der Waals surface area contributed by atoms with E-state index in [0.29, 0.717) is 52.4 Å². The minimum absolute atomic E-state index is 0.0450. The summed E-state index contributed by atoms with van der Waals surface area (Å²) in [6.45, 7) is 7.76. The lowest BCUT2D eigenvalue weighted by atomic mass is 10.0. The first-order valence-electron chi connectivity index (χ1n) is 14.7. The molecule has 0 aliphatic carbocycles. The summed E-state index contributed by atoms with van der Waals surface area (Å²) in [6.07, 6.45) is 5.14. The number of aryl methyl sites for hydroxylation is 2. The molecule has 2 aromatic carbocycles. The van der Waals surface area contributed by atoms with Crippen LogP contribution in [0.5, 0.6) is 0 Å². The highest BCUT2D eigenvalue weighted by molar-refractivity contribution is 7.89. The first-order valence-corrected chi connectivity index (χ1v) is 16.2. The van der Waals surface area contributed by atoms with Crippen LogP contribution >= 0.6 is 0 Å². The molecule has 4 rings (SSSR count). The molecule has 0 aliphatic heterocycles. The van der Waals surface area contributed by atoms with Gasteiger partial charge in [0.05, 0.1) is 29.0 Å². The standard InChI is InChI=1S/C33H38FN5O4S/c1-5-10-31-37-28(6-2)32(29(40)16-18-38(33(41)22(3)4)25-11-9-17-36-20-25)39(31)21-24-15-14-23(19-27(24)34)26-12-7-8-13-30(26)44(35,42)43/h7-9,11-15,17,19-20,22H,5-6,10,16,18,21H2,1-4H3,(H2,35,42,43). The largest absolute Gasteiger partial charge is 0.321 e. The molecule has 0 aliphatic rings. The van der Waals surface area contributed by atoms with Crippen molar-refractivity contribution < 1.29 is 22.4 Å². The van der Waals surface area contributed by atoms with E-state index in [1.165, 1.54) is 12.1 Å². The van der Waals surface area contributed by atoms with E-state index in [-0.39, 0.29) is 42.0 Å². The Morgan fingerprint density at radius 3 is 2.43 bits per heavy atom. The van der Waals surface area contributed by atoms with Crippen LogP contribution in [0.15, 0.2) is 71.9 Å². The summed E-state index contributed by atoms with van der Waals surface area (Å²) in [5.41, 5.74) is 2.63. The number of hydrogen-bond donors (Lipinski definition) is 1. The molecule has 11 heteroatoms. The summed E-state index contributed by atoms with van der Waals surface area (Å²) < 4.78 is 41.7. The number of anilines is 1. The number of Topliss-reactive ketones (excluding diaryl/α,β-unsaturated/α-hetero) is 1. The van der Waals surface area contributed by atoms with Gasteiger partial charge in [0.1, 0.15) is 17.3 Å². The Kier molecular flexibility index (Phi) is 10.4. The van der Waals surface area contributed by atoms with Crippen LogP contribution < -0.4 is 10.0 Å². The molecule has 0 saturated carbocycles. The second-order valence-electron chi connectivity index (χ2n) is 10.9. The third-order valence-electron chi connectivity index (χ3n) is 7.36. The minimum atomic E-state index is -4.02. The number of carbonyl (C=O) groups is 2. The molecular formula is C33H38FN5O4S. The number of nitrogens with zero attached hydrogens (tertiary/aromatic N) is 4. The van der Waals surface area contributed by atoms with Crippen molar-refractivity contribution in [2.45, 2.75) is 64.8 Å². The molecule has 232 valence electrons. The normalized spacial score (nSPS) is 11.6. The third-order valence-corrected chi connectivity index (χ3v) is 8.33. The lowest BCUT2D eigenvalue weighted by Gasteiger charge is -2.24. The number of ketones is 1. The second-order valence-corrected chi connectivity index (χ2v) is 12.4. The molecule has 1 amide bonds. The topological polar surface area (TPSA) is 128 Å². The van der Waals surface area contributed by atoms with E-state index in [1.54, 1.807) is 64.3 Å². The van der Waals surface area contributed by atoms with Crippen LogP contribution in [0.2, 0.25) is 0 Å². The van der Waals surface area contributed by atoms with Crippen molar-refractivity contribution in [2.75, 3.05) is 11.4 Å². The van der Waals surface area contributed by atoms with E-state index in [1.807, 2.05) is 27.7 Å². The molecule has 0 unspecified atom stereocenters. The fourth-order valence-electron chi connectivity index (χ4n) is 5.19. The van der Waals surface area contributed by atoms with Gasteiger partial charge in [-0.1, -0.05) is 58.0 Å². The zero-order valence-corrected chi connectivity index (χ0v) is 26.3. The van der Waals surface area contributed by atoms with Crippen LogP contribution in [-0.2, 0) is 34.2 Å². The van der Waals surface area contributed by atoms with Crippen LogP contribution in [0.1, 0.15) is 68.1 Å². The first kappa shape index (κ1) is 32.7. The smallest absolute Gasteiger partial charge is 0.238 e. The number of nitrogens with two attached hydrogens (primary N) is 1. The predicted octanol–water partition coefficient (Wildman–Crippen LogP) is 5.56. The summed E-state index contributed by atoms with van der Waals surface area (Å²) in [7, 11) is -4.02. The van der Waals surface area contributed by atoms with Crippen molar-refractivity contribution in [3.63, 3.8) is 0 Å². The summed E-state index contributed by atoms with van der Waals surface area (Å²) in [5, 5.41) is 5.39. The highest BCUT2D eigenvalue weighted by Gasteiger charge is 2.26. The van der Waals surface area contributed by atoms with E-state index in [2.05, 4.69) is 4.98 Å². The number of hydrogen-bond acceptors (Lipinski definition) is 6. The van der Waals surface area contributed by atoms with E-state index < -0.39 is 15.8 Å². The fraction of sp³-hybridized carbons (Fsp3) is 0.333. The molecule has 2 heterocycles. The number of carbonyl (C=O) groups excluding carboxylic acids is 2. The minimum Gasteiger partial charge on any atom is -0.321 e. The molecule has 9 nitrogen and oxygen atoms in total. The second kappa shape index (κ2) is 14.0. The van der Waals surface area contributed by atoms with Crippen molar-refractivity contribution in [1.29, 1.82) is 0 Å². The van der Waals surface area contributed by atoms with Crippen molar-refractivity contribution in [1.82, 2.24) is 14.5 Å². The number of rotatable bonds is 13. The Bertz CT molecular complexity index is 1750. The van der Waals surface area contributed by atoms with Crippen LogP contribution in [0.4, 0.5) is 10.1 Å². The average Bonchev–Trinajstić information content (AvgIpc) is 3.35. The lowest BCUT2D eigenvalue weighted by molar-refractivity contribution is -0.121. The summed E-state index contributed by atoms with van der Waals surface area (Å²) in [6, 6.07) is 14.2. The van der Waals surface area contributed by atoms with E-state index in [9.17, 15) is 18.0 Å². The molecule has 2 N–H and O–H groups in total. The average molecular weight is 620 g/mol. The fourth-order valence-corrected chi connectivity index (χ4v) is 5.95. The number of amides is 1. The van der Waals surface area contributed by atoms with Gasteiger partial charge in [0.15, 0.2) is 5.78 Å². The molecule has 0 saturated heterocycles. The number of sulfonamides is 1. The molecular weight excluding hydrogens is 581 g/mol. The highest BCUT2D eigenvalue weighted by Crippen LogP contribution is 2.29. The Morgan fingerprint density at radius 1 is 1.07 bits per heavy atom. The number of imidazole rings is 1. The highest BCUT2D eigenvalue weighted by atomic mass is 32.2. The van der Waals surface area contributed by atoms with Crippen molar-refractivity contribution >= 4 is 27.4 Å².